The Kier molecular flexibility index (Phi) is 2.43. The van der Waals surface area contributed by atoms with Crippen LogP contribution in [0.15, 0.2) is 4.99 Å². The fourth-order valence-electron chi connectivity index (χ4n) is 4.90. The van der Waals surface area contributed by atoms with Crippen LogP contribution in [-0.2, 0) is 4.79 Å². The average molecular weight is 248 g/mol. The van der Waals surface area contributed by atoms with Crippen molar-refractivity contribution in [2.45, 2.75) is 64.5 Å². The molecule has 1 amide bonds. The third-order valence-corrected chi connectivity index (χ3v) is 5.92. The van der Waals surface area contributed by atoms with E-state index in [0.29, 0.717) is 11.8 Å². The monoisotopic (exact) mass is 248 g/mol. The lowest BCUT2D eigenvalue weighted by atomic mass is 9.51. The van der Waals surface area contributed by atoms with Crippen molar-refractivity contribution in [3.63, 3.8) is 0 Å². The number of rotatable bonds is 1. The quantitative estimate of drug-likeness (QED) is 0.761. The smallest absolute Gasteiger partial charge is 0.217 e. The minimum atomic E-state index is -0.0718. The SMILES string of the molecule is CC(=O)N[C@@]1(C)[C@H]2CC[C@]3(C)N=C(C)[C@@H]1C[C@H]3C2. The fourth-order valence-corrected chi connectivity index (χ4v) is 4.90. The Morgan fingerprint density at radius 3 is 2.72 bits per heavy atom. The zero-order valence-corrected chi connectivity index (χ0v) is 11.9. The van der Waals surface area contributed by atoms with Crippen LogP contribution in [0.25, 0.3) is 0 Å². The Balaban J connectivity index is 2.04. The van der Waals surface area contributed by atoms with Gasteiger partial charge in [-0.25, -0.2) is 0 Å². The van der Waals surface area contributed by atoms with E-state index in [4.69, 9.17) is 4.99 Å². The highest BCUT2D eigenvalue weighted by Crippen LogP contribution is 2.56. The summed E-state index contributed by atoms with van der Waals surface area (Å²) in [7, 11) is 0. The largest absolute Gasteiger partial charge is 0.350 e. The molecule has 2 saturated carbocycles. The number of nitrogens with one attached hydrogen (secondary N) is 1. The summed E-state index contributed by atoms with van der Waals surface area (Å²) in [6, 6.07) is 0. The number of aliphatic imine (C=N–C) groups is 1. The van der Waals surface area contributed by atoms with E-state index < -0.39 is 0 Å². The standard InChI is InChI=1S/C15H24N2O/c1-9-13-8-12-7-11(5-6-14(12,3)16-9)15(13,4)17-10(2)18/h11-13H,5-8H2,1-4H3,(H,17,18)/t11-,12+,13-,14-,15-/m0/s1. The first-order valence-electron chi connectivity index (χ1n) is 7.20. The molecule has 0 radical (unpaired) electrons. The molecule has 3 rings (SSSR count). The van der Waals surface area contributed by atoms with Crippen LogP contribution in [-0.4, -0.2) is 22.7 Å². The molecule has 0 saturated heterocycles. The molecule has 1 heterocycles. The van der Waals surface area contributed by atoms with Gasteiger partial charge in [0.2, 0.25) is 5.91 Å². The number of hydrogen-bond acceptors (Lipinski definition) is 2. The maximum atomic E-state index is 11.6. The Morgan fingerprint density at radius 2 is 2.06 bits per heavy atom. The van der Waals surface area contributed by atoms with Gasteiger partial charge in [0.15, 0.2) is 0 Å². The molecule has 0 unspecified atom stereocenters. The third-order valence-electron chi connectivity index (χ3n) is 5.92. The van der Waals surface area contributed by atoms with Gasteiger partial charge >= 0.3 is 0 Å². The molecule has 0 spiro atoms. The van der Waals surface area contributed by atoms with E-state index in [-0.39, 0.29) is 17.0 Å². The van der Waals surface area contributed by atoms with Crippen molar-refractivity contribution in [2.75, 3.05) is 0 Å². The highest BCUT2D eigenvalue weighted by molar-refractivity contribution is 5.88. The summed E-state index contributed by atoms with van der Waals surface area (Å²) in [5, 5.41) is 3.26. The molecule has 100 valence electrons. The van der Waals surface area contributed by atoms with Crippen molar-refractivity contribution in [2.24, 2.45) is 22.7 Å². The van der Waals surface area contributed by atoms with E-state index in [0.717, 1.165) is 5.92 Å². The van der Waals surface area contributed by atoms with Crippen molar-refractivity contribution in [1.82, 2.24) is 5.32 Å². The summed E-state index contributed by atoms with van der Waals surface area (Å²) < 4.78 is 0. The zero-order valence-electron chi connectivity index (χ0n) is 11.9. The van der Waals surface area contributed by atoms with Crippen molar-refractivity contribution in [3.05, 3.63) is 0 Å². The summed E-state index contributed by atoms with van der Waals surface area (Å²) in [6.07, 6.45) is 4.83. The van der Waals surface area contributed by atoms with Crippen molar-refractivity contribution < 1.29 is 4.79 Å². The Hall–Kier alpha value is -0.860. The normalized spacial score (nSPS) is 49.8. The summed E-state index contributed by atoms with van der Waals surface area (Å²) >= 11 is 0. The van der Waals surface area contributed by atoms with Crippen molar-refractivity contribution in [3.8, 4) is 0 Å². The van der Waals surface area contributed by atoms with Gasteiger partial charge < -0.3 is 5.32 Å². The maximum absolute atomic E-state index is 11.6. The van der Waals surface area contributed by atoms with Crippen LogP contribution in [0.1, 0.15) is 53.4 Å². The van der Waals surface area contributed by atoms with Crippen LogP contribution in [0.5, 0.6) is 0 Å². The Bertz CT molecular complexity index is 430. The predicted octanol–water partition coefficient (Wildman–Crippen LogP) is 2.55. The van der Waals surface area contributed by atoms with Gasteiger partial charge in [-0.2, -0.15) is 0 Å². The van der Waals surface area contributed by atoms with E-state index in [2.05, 4.69) is 26.1 Å². The topological polar surface area (TPSA) is 41.5 Å². The van der Waals surface area contributed by atoms with Gasteiger partial charge in [0.05, 0.1) is 5.54 Å². The number of nitrogens with zero attached hydrogens (tertiary/aromatic N) is 1. The molecule has 0 aromatic heterocycles. The highest BCUT2D eigenvalue weighted by Gasteiger charge is 2.57. The second-order valence-corrected chi connectivity index (χ2v) is 7.03. The lowest BCUT2D eigenvalue weighted by molar-refractivity contribution is -0.123. The van der Waals surface area contributed by atoms with Crippen molar-refractivity contribution >= 4 is 11.6 Å². The minimum Gasteiger partial charge on any atom is -0.350 e. The van der Waals surface area contributed by atoms with Crippen LogP contribution >= 0.6 is 0 Å². The molecule has 1 aliphatic heterocycles. The molecule has 2 aliphatic carbocycles. The average Bonchev–Trinajstić information content (AvgIpc) is 2.25. The number of fused-ring (bicyclic) bond motifs is 2. The van der Waals surface area contributed by atoms with E-state index in [1.807, 2.05) is 0 Å². The van der Waals surface area contributed by atoms with E-state index >= 15 is 0 Å². The molecule has 2 fully saturated rings. The molecule has 0 aromatic rings. The molecule has 0 aromatic carbocycles. The summed E-state index contributed by atoms with van der Waals surface area (Å²) in [6.45, 7) is 8.37. The summed E-state index contributed by atoms with van der Waals surface area (Å²) in [5.74, 6) is 1.90. The van der Waals surface area contributed by atoms with Crippen LogP contribution in [0, 0.1) is 17.8 Å². The third kappa shape index (κ3) is 1.49. The van der Waals surface area contributed by atoms with E-state index in [9.17, 15) is 4.79 Å². The molecular weight excluding hydrogens is 224 g/mol. The molecule has 18 heavy (non-hydrogen) atoms. The summed E-state index contributed by atoms with van der Waals surface area (Å²) in [4.78, 5) is 16.6. The fraction of sp³-hybridized carbons (Fsp3) is 0.867. The first-order valence-corrected chi connectivity index (χ1v) is 7.20. The molecule has 3 bridgehead atoms. The maximum Gasteiger partial charge on any atom is 0.217 e. The lowest BCUT2D eigenvalue weighted by Gasteiger charge is -2.60. The van der Waals surface area contributed by atoms with Gasteiger partial charge in [-0.15, -0.1) is 0 Å². The minimum absolute atomic E-state index is 0.0718. The molecule has 3 nitrogen and oxygen atoms in total. The van der Waals surface area contributed by atoms with E-state index in [1.54, 1.807) is 6.92 Å². The number of amides is 1. The van der Waals surface area contributed by atoms with Gasteiger partial charge in [-0.05, 0) is 58.3 Å². The van der Waals surface area contributed by atoms with E-state index in [1.165, 1.54) is 31.4 Å². The Morgan fingerprint density at radius 1 is 1.33 bits per heavy atom. The second kappa shape index (κ2) is 3.58. The van der Waals surface area contributed by atoms with Crippen LogP contribution in [0.4, 0.5) is 0 Å². The van der Waals surface area contributed by atoms with Gasteiger partial charge in [0.25, 0.3) is 0 Å². The first kappa shape index (κ1) is 12.2. The predicted molar refractivity (Wildman–Crippen MR) is 72.7 cm³/mol. The second-order valence-electron chi connectivity index (χ2n) is 7.03. The van der Waals surface area contributed by atoms with Gasteiger partial charge in [-0.1, -0.05) is 0 Å². The summed E-state index contributed by atoms with van der Waals surface area (Å²) in [5.41, 5.74) is 1.38. The highest BCUT2D eigenvalue weighted by atomic mass is 16.1. The molecule has 3 heteroatoms. The molecular formula is C15H24N2O. The van der Waals surface area contributed by atoms with Crippen LogP contribution in [0.3, 0.4) is 0 Å². The van der Waals surface area contributed by atoms with Crippen LogP contribution in [0.2, 0.25) is 0 Å². The number of carbonyl (C=O) groups is 1. The van der Waals surface area contributed by atoms with Gasteiger partial charge in [0, 0.05) is 24.1 Å². The Labute approximate surface area is 109 Å². The van der Waals surface area contributed by atoms with Gasteiger partial charge in [0.1, 0.15) is 0 Å². The van der Waals surface area contributed by atoms with Crippen LogP contribution < -0.4 is 5.32 Å². The lowest BCUT2D eigenvalue weighted by Crippen LogP contribution is -2.66. The van der Waals surface area contributed by atoms with Crippen molar-refractivity contribution in [1.29, 1.82) is 0 Å². The first-order chi connectivity index (χ1) is 8.35. The molecule has 1 N–H and O–H groups in total. The number of hydrogen-bond donors (Lipinski definition) is 1. The molecule has 3 aliphatic rings. The number of carbonyl (C=O) groups excluding carboxylic acids is 1. The van der Waals surface area contributed by atoms with Gasteiger partial charge in [-0.3, -0.25) is 9.79 Å². The zero-order chi connectivity index (χ0) is 13.1. The molecule has 5 atom stereocenters.